The number of anilines is 2. The number of nitrogens with one attached hydrogen (secondary N) is 3. The molecule has 0 spiro atoms. The van der Waals surface area contributed by atoms with Crippen molar-refractivity contribution in [3.05, 3.63) is 88.0 Å². The Bertz CT molecular complexity index is 1640. The molecule has 13 nitrogen and oxygen atoms in total. The molecule has 2 aromatic heterocycles. The van der Waals surface area contributed by atoms with Crippen molar-refractivity contribution in [3.63, 3.8) is 0 Å². The summed E-state index contributed by atoms with van der Waals surface area (Å²) in [4.78, 5) is 28.5. The number of aromatic nitrogens is 4. The smallest absolute Gasteiger partial charge is 0.490 e. The molecular formula is C25H24F4N8O5. The first-order chi connectivity index (χ1) is 19.8. The number of aromatic amines is 1. The van der Waals surface area contributed by atoms with E-state index < -0.39 is 29.7 Å². The number of carboxylic acids is 1. The Morgan fingerprint density at radius 1 is 1.17 bits per heavy atom. The zero-order valence-electron chi connectivity index (χ0n) is 21.9. The van der Waals surface area contributed by atoms with Gasteiger partial charge in [-0.05, 0) is 42.5 Å². The predicted molar refractivity (Wildman–Crippen MR) is 143 cm³/mol. The highest BCUT2D eigenvalue weighted by atomic mass is 19.4. The molecule has 0 aliphatic rings. The van der Waals surface area contributed by atoms with Gasteiger partial charge in [0.05, 0.1) is 19.9 Å². The number of ether oxygens (including phenoxy) is 2. The van der Waals surface area contributed by atoms with E-state index in [1.807, 2.05) is 0 Å². The minimum absolute atomic E-state index is 0.0474. The highest BCUT2D eigenvalue weighted by Gasteiger charge is 2.38. The second kappa shape index (κ2) is 12.7. The van der Waals surface area contributed by atoms with Gasteiger partial charge in [-0.15, -0.1) is 5.10 Å². The van der Waals surface area contributed by atoms with Gasteiger partial charge in [-0.2, -0.15) is 17.9 Å². The van der Waals surface area contributed by atoms with E-state index in [0.29, 0.717) is 17.0 Å². The molecule has 4 aromatic rings. The highest BCUT2D eigenvalue weighted by molar-refractivity contribution is 5.95. The number of H-pyrrole nitrogens is 1. The van der Waals surface area contributed by atoms with Crippen LogP contribution in [0.1, 0.15) is 23.0 Å². The van der Waals surface area contributed by atoms with E-state index in [2.05, 4.69) is 20.4 Å². The number of carbonyl (C=O) groups is 1. The van der Waals surface area contributed by atoms with E-state index in [4.69, 9.17) is 36.3 Å². The minimum atomic E-state index is -5.08. The average molecular weight is 593 g/mol. The molecule has 0 amide bonds. The number of amidine groups is 1. The fourth-order valence-corrected chi connectivity index (χ4v) is 3.48. The summed E-state index contributed by atoms with van der Waals surface area (Å²) in [6.45, 7) is 0. The maximum Gasteiger partial charge on any atom is 0.490 e. The molecule has 2 aromatic carbocycles. The summed E-state index contributed by atoms with van der Waals surface area (Å²) in [5.74, 6) is -3.00. The molecule has 17 heteroatoms. The summed E-state index contributed by atoms with van der Waals surface area (Å²) < 4.78 is 58.7. The van der Waals surface area contributed by atoms with E-state index in [-0.39, 0.29) is 34.5 Å². The maximum atomic E-state index is 15.5. The molecule has 1 atom stereocenters. The van der Waals surface area contributed by atoms with Crippen LogP contribution in [0, 0.1) is 11.2 Å². The van der Waals surface area contributed by atoms with Crippen LogP contribution < -0.4 is 31.9 Å². The number of carboxylic acid groups (broad SMARTS) is 1. The first-order valence-corrected chi connectivity index (χ1v) is 11.6. The van der Waals surface area contributed by atoms with Gasteiger partial charge >= 0.3 is 17.8 Å². The van der Waals surface area contributed by atoms with Crippen molar-refractivity contribution in [1.82, 2.24) is 19.7 Å². The Kier molecular flexibility index (Phi) is 9.36. The van der Waals surface area contributed by atoms with Gasteiger partial charge in [0, 0.05) is 29.1 Å². The van der Waals surface area contributed by atoms with Gasteiger partial charge in [-0.3, -0.25) is 10.4 Å². The lowest BCUT2D eigenvalue weighted by atomic mass is 10.0. The summed E-state index contributed by atoms with van der Waals surface area (Å²) in [5, 5.41) is 22.2. The van der Waals surface area contributed by atoms with Crippen LogP contribution in [-0.2, 0) is 4.79 Å². The Morgan fingerprint density at radius 2 is 1.81 bits per heavy atom. The largest absolute Gasteiger partial charge is 0.497 e. The average Bonchev–Trinajstić information content (AvgIpc) is 3.33. The topological polar surface area (TPSA) is 207 Å². The Hall–Kier alpha value is -5.61. The SMILES string of the molecule is COc1cc(OC)c(F)c(C(Nc2ccc(C(=N)N)cc2)c2nn(-c3ncccc3N)c(=O)[nH]2)c1.O=C(O)C(F)(F)F. The molecule has 4 rings (SSSR count). The number of nitrogen functional groups attached to an aromatic ring is 2. The Balaban J connectivity index is 0.000000616. The molecule has 42 heavy (non-hydrogen) atoms. The van der Waals surface area contributed by atoms with E-state index in [9.17, 15) is 18.0 Å². The van der Waals surface area contributed by atoms with E-state index in [1.165, 1.54) is 32.5 Å². The van der Waals surface area contributed by atoms with Crippen LogP contribution in [0.15, 0.2) is 59.5 Å². The van der Waals surface area contributed by atoms with Gasteiger partial charge in [0.25, 0.3) is 0 Å². The van der Waals surface area contributed by atoms with Crippen molar-refractivity contribution < 1.29 is 36.9 Å². The van der Waals surface area contributed by atoms with E-state index in [0.717, 1.165) is 4.68 Å². The monoisotopic (exact) mass is 592 g/mol. The van der Waals surface area contributed by atoms with Crippen LogP contribution in [0.5, 0.6) is 11.5 Å². The second-order valence-corrected chi connectivity index (χ2v) is 8.25. The van der Waals surface area contributed by atoms with E-state index >= 15 is 4.39 Å². The molecule has 0 aliphatic carbocycles. The zero-order valence-corrected chi connectivity index (χ0v) is 21.9. The molecular weight excluding hydrogens is 568 g/mol. The Morgan fingerprint density at radius 3 is 2.33 bits per heavy atom. The quantitative estimate of drug-likeness (QED) is 0.100. The van der Waals surface area contributed by atoms with E-state index in [1.54, 1.807) is 36.4 Å². The first-order valence-electron chi connectivity index (χ1n) is 11.6. The number of hydrogen-bond acceptors (Lipinski definition) is 9. The number of nitrogens with zero attached hydrogens (tertiary/aromatic N) is 3. The third-order valence-electron chi connectivity index (χ3n) is 5.48. The third kappa shape index (κ3) is 7.12. The van der Waals surface area contributed by atoms with Crippen LogP contribution in [-0.4, -0.2) is 57.1 Å². The van der Waals surface area contributed by atoms with Gasteiger partial charge in [-0.25, -0.2) is 19.0 Å². The number of pyridine rings is 1. The summed E-state index contributed by atoms with van der Waals surface area (Å²) in [7, 11) is 2.78. The highest BCUT2D eigenvalue weighted by Crippen LogP contribution is 2.34. The van der Waals surface area contributed by atoms with Crippen molar-refractivity contribution in [1.29, 1.82) is 5.41 Å². The number of benzene rings is 2. The molecule has 0 saturated heterocycles. The third-order valence-corrected chi connectivity index (χ3v) is 5.48. The van der Waals surface area contributed by atoms with Crippen LogP contribution in [0.3, 0.4) is 0 Å². The van der Waals surface area contributed by atoms with Crippen molar-refractivity contribution in [3.8, 4) is 17.3 Å². The van der Waals surface area contributed by atoms with Gasteiger partial charge in [0.2, 0.25) is 0 Å². The molecule has 8 N–H and O–H groups in total. The number of alkyl halides is 3. The number of methoxy groups -OCH3 is 2. The number of hydrogen-bond donors (Lipinski definition) is 6. The number of halogens is 4. The molecule has 2 heterocycles. The molecule has 0 radical (unpaired) electrons. The molecule has 0 aliphatic heterocycles. The predicted octanol–water partition coefficient (Wildman–Crippen LogP) is 2.81. The lowest BCUT2D eigenvalue weighted by Crippen LogP contribution is -2.21. The van der Waals surface area contributed by atoms with Crippen molar-refractivity contribution >= 4 is 23.2 Å². The fourth-order valence-electron chi connectivity index (χ4n) is 3.48. The molecule has 0 fully saturated rings. The van der Waals surface area contributed by atoms with Crippen LogP contribution in [0.2, 0.25) is 0 Å². The summed E-state index contributed by atoms with van der Waals surface area (Å²) >= 11 is 0. The summed E-state index contributed by atoms with van der Waals surface area (Å²) in [6.07, 6.45) is -3.61. The minimum Gasteiger partial charge on any atom is -0.497 e. The first kappa shape index (κ1) is 30.9. The molecule has 1 unspecified atom stereocenters. The fraction of sp³-hybridized carbons (Fsp3) is 0.160. The second-order valence-electron chi connectivity index (χ2n) is 8.25. The Labute approximate surface area is 234 Å². The maximum absolute atomic E-state index is 15.5. The zero-order chi connectivity index (χ0) is 31.2. The van der Waals surface area contributed by atoms with Gasteiger partial charge in [0.1, 0.15) is 17.6 Å². The lowest BCUT2D eigenvalue weighted by Gasteiger charge is -2.21. The summed E-state index contributed by atoms with van der Waals surface area (Å²) in [6, 6.07) is 11.7. The molecule has 222 valence electrons. The molecule has 0 bridgehead atoms. The number of nitrogens with two attached hydrogens (primary N) is 2. The lowest BCUT2D eigenvalue weighted by molar-refractivity contribution is -0.192. The van der Waals surface area contributed by atoms with Crippen LogP contribution >= 0.6 is 0 Å². The van der Waals surface area contributed by atoms with Crippen LogP contribution in [0.4, 0.5) is 28.9 Å². The summed E-state index contributed by atoms with van der Waals surface area (Å²) in [5.41, 5.74) is 12.3. The number of rotatable bonds is 8. The van der Waals surface area contributed by atoms with Crippen molar-refractivity contribution in [2.24, 2.45) is 5.73 Å². The van der Waals surface area contributed by atoms with Crippen LogP contribution in [0.25, 0.3) is 5.82 Å². The van der Waals surface area contributed by atoms with Crippen molar-refractivity contribution in [2.45, 2.75) is 12.2 Å². The van der Waals surface area contributed by atoms with Gasteiger partial charge in [-0.1, -0.05) is 0 Å². The van der Waals surface area contributed by atoms with Gasteiger partial charge < -0.3 is 31.4 Å². The standard InChI is InChI=1S/C23H23FN8O3.C2HF3O2/c1-34-14-10-15(18(24)17(11-14)35-2)19(29-13-7-5-12(6-8-13)20(26)27)21-30-23(33)32(31-21)22-16(25)4-3-9-28-22;3-2(4,5)1(6)7/h3-11,19,29H,25H2,1-2H3,(H3,26,27)(H,30,31,33);(H,6,7). The normalized spacial score (nSPS) is 11.6. The molecule has 0 saturated carbocycles. The van der Waals surface area contributed by atoms with Gasteiger partial charge in [0.15, 0.2) is 23.2 Å². The van der Waals surface area contributed by atoms with Crippen molar-refractivity contribution in [2.75, 3.05) is 25.3 Å². The number of aliphatic carboxylic acids is 1.